The van der Waals surface area contributed by atoms with Crippen molar-refractivity contribution in [2.45, 2.75) is 19.9 Å². The van der Waals surface area contributed by atoms with Gasteiger partial charge in [0, 0.05) is 25.1 Å². The Bertz CT molecular complexity index is 968. The number of nitrogens with one attached hydrogen (secondary N) is 1. The van der Waals surface area contributed by atoms with Crippen LogP contribution in [0.15, 0.2) is 42.5 Å². The summed E-state index contributed by atoms with van der Waals surface area (Å²) in [5.74, 6) is -1.18. The normalized spacial score (nSPS) is 12.7. The Kier molecular flexibility index (Phi) is 5.92. The Labute approximate surface area is 167 Å². The summed E-state index contributed by atoms with van der Waals surface area (Å²) >= 11 is 0. The highest BCUT2D eigenvalue weighted by Gasteiger charge is 2.26. The molecule has 1 aliphatic heterocycles. The molecule has 8 heteroatoms. The second-order valence-corrected chi connectivity index (χ2v) is 6.60. The van der Waals surface area contributed by atoms with Gasteiger partial charge in [-0.3, -0.25) is 14.4 Å². The third-order valence-electron chi connectivity index (χ3n) is 4.56. The zero-order valence-corrected chi connectivity index (χ0v) is 15.8. The summed E-state index contributed by atoms with van der Waals surface area (Å²) in [6.45, 7) is 1.72. The molecule has 0 fully saturated rings. The van der Waals surface area contributed by atoms with Crippen LogP contribution in [0.1, 0.15) is 39.6 Å². The number of carboxylic acids is 1. The molecule has 0 bridgehead atoms. The third kappa shape index (κ3) is 4.78. The molecule has 2 amide bonds. The fourth-order valence-corrected chi connectivity index (χ4v) is 2.93. The van der Waals surface area contributed by atoms with Crippen LogP contribution in [-0.2, 0) is 16.1 Å². The van der Waals surface area contributed by atoms with Crippen molar-refractivity contribution in [3.8, 4) is 5.75 Å². The molecule has 3 rings (SSSR count). The molecule has 29 heavy (non-hydrogen) atoms. The highest BCUT2D eigenvalue weighted by molar-refractivity contribution is 6.01. The summed E-state index contributed by atoms with van der Waals surface area (Å²) in [6, 6.07) is 11.1. The molecule has 1 heterocycles. The standard InChI is InChI=1S/C21H20N2O6/c1-13(24)16-6-7-18-17(10-16)23(20(26)12-29-18)9-8-19(25)22-11-14-2-4-15(5-3-14)21(27)28/h2-7,10H,8-9,11-12H2,1H3,(H,22,25)(H,27,28). The number of amides is 2. The lowest BCUT2D eigenvalue weighted by molar-refractivity contribution is -0.122. The SMILES string of the molecule is CC(=O)c1ccc2c(c1)N(CCC(=O)NCc1ccc(C(=O)O)cc1)C(=O)CO2. The number of Topliss-reactive ketones (excluding diaryl/α,β-unsaturated/α-hetero) is 1. The van der Waals surface area contributed by atoms with Gasteiger partial charge in [0.15, 0.2) is 12.4 Å². The van der Waals surface area contributed by atoms with Gasteiger partial charge in [0.25, 0.3) is 5.91 Å². The van der Waals surface area contributed by atoms with Gasteiger partial charge in [0.05, 0.1) is 11.3 Å². The molecule has 0 saturated heterocycles. The molecule has 2 aromatic carbocycles. The molecule has 2 aromatic rings. The molecule has 1 aliphatic rings. The smallest absolute Gasteiger partial charge is 0.335 e. The quantitative estimate of drug-likeness (QED) is 0.693. The van der Waals surface area contributed by atoms with Gasteiger partial charge in [-0.25, -0.2) is 4.79 Å². The molecule has 0 aliphatic carbocycles. The number of anilines is 1. The van der Waals surface area contributed by atoms with Crippen molar-refractivity contribution in [2.75, 3.05) is 18.1 Å². The van der Waals surface area contributed by atoms with E-state index in [0.717, 1.165) is 5.56 Å². The number of hydrogen-bond donors (Lipinski definition) is 2. The van der Waals surface area contributed by atoms with E-state index >= 15 is 0 Å². The van der Waals surface area contributed by atoms with E-state index in [2.05, 4.69) is 5.32 Å². The molecule has 0 unspecified atom stereocenters. The van der Waals surface area contributed by atoms with Gasteiger partial charge in [-0.2, -0.15) is 0 Å². The zero-order valence-electron chi connectivity index (χ0n) is 15.8. The van der Waals surface area contributed by atoms with E-state index in [0.29, 0.717) is 17.0 Å². The van der Waals surface area contributed by atoms with Gasteiger partial charge in [-0.05, 0) is 42.8 Å². The second-order valence-electron chi connectivity index (χ2n) is 6.60. The summed E-state index contributed by atoms with van der Waals surface area (Å²) in [6.07, 6.45) is 0.0721. The van der Waals surface area contributed by atoms with E-state index < -0.39 is 5.97 Å². The van der Waals surface area contributed by atoms with Crippen LogP contribution in [0.2, 0.25) is 0 Å². The topological polar surface area (TPSA) is 113 Å². The first-order valence-corrected chi connectivity index (χ1v) is 9.02. The maximum absolute atomic E-state index is 12.3. The fourth-order valence-electron chi connectivity index (χ4n) is 2.93. The molecule has 0 radical (unpaired) electrons. The van der Waals surface area contributed by atoms with Crippen molar-refractivity contribution in [1.82, 2.24) is 5.32 Å². The number of nitrogens with zero attached hydrogens (tertiary/aromatic N) is 1. The number of aromatic carboxylic acids is 1. The monoisotopic (exact) mass is 396 g/mol. The fraction of sp³-hybridized carbons (Fsp3) is 0.238. The molecule has 0 aromatic heterocycles. The summed E-state index contributed by atoms with van der Waals surface area (Å²) in [5, 5.41) is 11.6. The number of ketones is 1. The molecule has 150 valence electrons. The maximum Gasteiger partial charge on any atom is 0.335 e. The molecular weight excluding hydrogens is 376 g/mol. The lowest BCUT2D eigenvalue weighted by atomic mass is 10.1. The summed E-state index contributed by atoms with van der Waals surface area (Å²) in [7, 11) is 0. The summed E-state index contributed by atoms with van der Waals surface area (Å²) in [4.78, 5) is 48.4. The zero-order chi connectivity index (χ0) is 21.0. The van der Waals surface area contributed by atoms with Gasteiger partial charge in [0.2, 0.25) is 5.91 Å². The Morgan fingerprint density at radius 3 is 2.45 bits per heavy atom. The Morgan fingerprint density at radius 1 is 1.10 bits per heavy atom. The van der Waals surface area contributed by atoms with E-state index in [-0.39, 0.29) is 49.3 Å². The van der Waals surface area contributed by atoms with E-state index in [1.54, 1.807) is 30.3 Å². The van der Waals surface area contributed by atoms with Gasteiger partial charge >= 0.3 is 5.97 Å². The van der Waals surface area contributed by atoms with Gasteiger partial charge in [-0.15, -0.1) is 0 Å². The molecule has 2 N–H and O–H groups in total. The minimum atomic E-state index is -1.01. The highest BCUT2D eigenvalue weighted by atomic mass is 16.5. The summed E-state index contributed by atoms with van der Waals surface area (Å²) in [5.41, 5.74) is 1.88. The maximum atomic E-state index is 12.3. The lowest BCUT2D eigenvalue weighted by Crippen LogP contribution is -2.41. The average Bonchev–Trinajstić information content (AvgIpc) is 2.71. The van der Waals surface area contributed by atoms with Crippen LogP contribution >= 0.6 is 0 Å². The molecule has 0 spiro atoms. The van der Waals surface area contributed by atoms with Gasteiger partial charge < -0.3 is 20.1 Å². The largest absolute Gasteiger partial charge is 0.482 e. The van der Waals surface area contributed by atoms with Gasteiger partial charge in [-0.1, -0.05) is 12.1 Å². The first-order valence-electron chi connectivity index (χ1n) is 9.02. The van der Waals surface area contributed by atoms with Crippen LogP contribution in [0.3, 0.4) is 0 Å². The minimum absolute atomic E-state index is 0.0721. The first kappa shape index (κ1) is 20.1. The van der Waals surface area contributed by atoms with Crippen LogP contribution in [0.4, 0.5) is 5.69 Å². The molecule has 0 atom stereocenters. The van der Waals surface area contributed by atoms with Gasteiger partial charge in [0.1, 0.15) is 5.75 Å². The van der Waals surface area contributed by atoms with Crippen molar-refractivity contribution in [1.29, 1.82) is 0 Å². The third-order valence-corrected chi connectivity index (χ3v) is 4.56. The Balaban J connectivity index is 1.60. The van der Waals surface area contributed by atoms with Crippen molar-refractivity contribution >= 4 is 29.3 Å². The lowest BCUT2D eigenvalue weighted by Gasteiger charge is -2.29. The number of rotatable bonds is 7. The van der Waals surface area contributed by atoms with Crippen LogP contribution < -0.4 is 15.0 Å². The molecule has 8 nitrogen and oxygen atoms in total. The van der Waals surface area contributed by atoms with Crippen LogP contribution in [0, 0.1) is 0 Å². The van der Waals surface area contributed by atoms with Crippen molar-refractivity contribution in [3.05, 3.63) is 59.2 Å². The number of carbonyl (C=O) groups excluding carboxylic acids is 3. The van der Waals surface area contributed by atoms with E-state index in [4.69, 9.17) is 9.84 Å². The molecule has 0 saturated carbocycles. The number of fused-ring (bicyclic) bond motifs is 1. The Hall–Kier alpha value is -3.68. The van der Waals surface area contributed by atoms with Crippen LogP contribution in [0.25, 0.3) is 0 Å². The number of carboxylic acid groups (broad SMARTS) is 1. The van der Waals surface area contributed by atoms with Crippen molar-refractivity contribution in [3.63, 3.8) is 0 Å². The summed E-state index contributed by atoms with van der Waals surface area (Å²) < 4.78 is 5.39. The van der Waals surface area contributed by atoms with Crippen molar-refractivity contribution in [2.24, 2.45) is 0 Å². The second kappa shape index (κ2) is 8.55. The van der Waals surface area contributed by atoms with E-state index in [1.165, 1.54) is 24.0 Å². The Morgan fingerprint density at radius 2 is 1.79 bits per heavy atom. The van der Waals surface area contributed by atoms with E-state index in [9.17, 15) is 19.2 Å². The average molecular weight is 396 g/mol. The van der Waals surface area contributed by atoms with Crippen molar-refractivity contribution < 1.29 is 29.0 Å². The molecular formula is C21H20N2O6. The predicted molar refractivity (Wildman–Crippen MR) is 104 cm³/mol. The minimum Gasteiger partial charge on any atom is -0.482 e. The predicted octanol–water partition coefficient (Wildman–Crippen LogP) is 2.02. The number of benzene rings is 2. The highest BCUT2D eigenvalue weighted by Crippen LogP contribution is 2.33. The number of ether oxygens (including phenoxy) is 1. The van der Waals surface area contributed by atoms with Crippen LogP contribution in [0.5, 0.6) is 5.75 Å². The van der Waals surface area contributed by atoms with Crippen LogP contribution in [-0.4, -0.2) is 41.8 Å². The number of hydrogen-bond acceptors (Lipinski definition) is 5. The first-order chi connectivity index (χ1) is 13.8. The van der Waals surface area contributed by atoms with E-state index in [1.807, 2.05) is 0 Å². The number of carbonyl (C=O) groups is 4.